The lowest BCUT2D eigenvalue weighted by atomic mass is 9.91. The number of imide groups is 1. The van der Waals surface area contributed by atoms with Gasteiger partial charge >= 0.3 is 11.9 Å². The fraction of sp³-hybridized carbons (Fsp3) is 0.816. The summed E-state index contributed by atoms with van der Waals surface area (Å²) >= 11 is 0. The second kappa shape index (κ2) is 79.1. The van der Waals surface area contributed by atoms with Crippen molar-refractivity contribution in [2.75, 3.05) is 343 Å². The van der Waals surface area contributed by atoms with Crippen LogP contribution in [0.1, 0.15) is 71.9 Å². The Morgan fingerprint density at radius 2 is 0.762 bits per heavy atom. The van der Waals surface area contributed by atoms with Crippen molar-refractivity contribution in [3.05, 3.63) is 41.5 Å². The van der Waals surface area contributed by atoms with Gasteiger partial charge in [-0.1, -0.05) is 19.9 Å². The van der Waals surface area contributed by atoms with Crippen LogP contribution in [0, 0.1) is 11.3 Å². The summed E-state index contributed by atoms with van der Waals surface area (Å²) in [4.78, 5) is 106. The van der Waals surface area contributed by atoms with E-state index in [4.69, 9.17) is 123 Å². The smallest absolute Gasteiger partial charge is 0.335 e. The van der Waals surface area contributed by atoms with E-state index in [1.54, 1.807) is 59.9 Å². The molecule has 1 aromatic rings. The first-order valence-corrected chi connectivity index (χ1v) is 44.8. The Hall–Kier alpha value is -6.20. The Balaban J connectivity index is 1.07. The van der Waals surface area contributed by atoms with Crippen LogP contribution < -0.4 is 16.0 Å². The number of esters is 1. The van der Waals surface area contributed by atoms with Crippen molar-refractivity contribution in [2.24, 2.45) is 11.3 Å². The van der Waals surface area contributed by atoms with Crippen LogP contribution in [0.5, 0.6) is 0 Å². The van der Waals surface area contributed by atoms with Crippen molar-refractivity contribution in [1.29, 1.82) is 0 Å². The molecule has 0 spiro atoms. The molecule has 0 bridgehead atoms. The molecule has 7 atom stereocenters. The van der Waals surface area contributed by atoms with Crippen molar-refractivity contribution in [1.82, 2.24) is 20.4 Å². The fourth-order valence-electron chi connectivity index (χ4n) is 11.4. The number of amides is 6. The van der Waals surface area contributed by atoms with E-state index in [0.717, 1.165) is 17.1 Å². The second-order valence-electron chi connectivity index (χ2n) is 30.4. The van der Waals surface area contributed by atoms with Crippen LogP contribution in [0.3, 0.4) is 0 Å². The zero-order valence-electron chi connectivity index (χ0n) is 77.5. The zero-order chi connectivity index (χ0) is 94.6. The largest absolute Gasteiger partial charge is 0.479 e. The molecule has 130 heavy (non-hydrogen) atoms. The lowest BCUT2D eigenvalue weighted by Crippen LogP contribution is -2.59. The lowest BCUT2D eigenvalue weighted by Gasteiger charge is -2.39. The summed E-state index contributed by atoms with van der Waals surface area (Å²) in [6.07, 6.45) is -5.74. The van der Waals surface area contributed by atoms with E-state index in [1.165, 1.54) is 11.8 Å². The highest BCUT2D eigenvalue weighted by atomic mass is 16.6. The van der Waals surface area contributed by atoms with Gasteiger partial charge in [0.05, 0.1) is 322 Å². The summed E-state index contributed by atoms with van der Waals surface area (Å²) in [5.74, 6) is -6.35. The number of rotatable bonds is 90. The number of carbonyl (C=O) groups excluding carboxylic acids is 7. The number of carbonyl (C=O) groups is 8. The Labute approximate surface area is 764 Å². The molecule has 752 valence electrons. The van der Waals surface area contributed by atoms with E-state index in [-0.39, 0.29) is 71.8 Å². The van der Waals surface area contributed by atoms with Gasteiger partial charge in [-0.15, -0.1) is 0 Å². The highest BCUT2D eigenvalue weighted by Crippen LogP contribution is 2.27. The quantitative estimate of drug-likeness (QED) is 0.0252. The summed E-state index contributed by atoms with van der Waals surface area (Å²) in [5, 5.41) is 48.6. The molecule has 6 amide bonds. The van der Waals surface area contributed by atoms with E-state index in [0.29, 0.717) is 301 Å². The molecule has 1 aromatic carbocycles. The van der Waals surface area contributed by atoms with Crippen LogP contribution in [0.15, 0.2) is 30.4 Å². The minimum Gasteiger partial charge on any atom is -0.479 e. The van der Waals surface area contributed by atoms with Crippen LogP contribution in [0.4, 0.5) is 5.69 Å². The molecule has 2 aliphatic heterocycles. The molecule has 0 unspecified atom stereocenters. The number of hydrogen-bond donors (Lipinski definition) is 7. The molecule has 0 aliphatic carbocycles. The van der Waals surface area contributed by atoms with Gasteiger partial charge in [-0.2, -0.15) is 0 Å². The third-order valence-corrected chi connectivity index (χ3v) is 18.6. The third-order valence-electron chi connectivity index (χ3n) is 18.6. The Bertz CT molecular complexity index is 3070. The first-order chi connectivity index (χ1) is 63.0. The molecule has 7 N–H and O–H groups in total. The normalized spacial score (nSPS) is 16.3. The molecule has 2 heterocycles. The highest BCUT2D eigenvalue weighted by Gasteiger charge is 2.46. The number of carboxylic acid groups (broad SMARTS) is 1. The van der Waals surface area contributed by atoms with Crippen LogP contribution >= 0.6 is 0 Å². The SMILES string of the molecule is COCCOCCOCCOCCOCCOCCOCCOCCOCCOCCOCCOCCOCCOCCOCCOCCOCCOCCOCCOCCOCCOCCOCCOCCN(CCC(=O)N[C@H](C(=O)N[C@@H](C)C(=O)Nc1ccc(COC(=O)C(C)(C)C)c(CCC[C@@H]2O[C@H](C(=O)O)[C@@H](O)[C@H](O)[C@H]2O)c1)C(C)C)C(=O)CN1C(=O)C=CC1=O. The monoisotopic (exact) mass is 1870 g/mol. The number of carboxylic acids is 1. The number of anilines is 1. The summed E-state index contributed by atoms with van der Waals surface area (Å²) in [5.41, 5.74) is 0.667. The molecule has 43 heteroatoms. The first-order valence-electron chi connectivity index (χ1n) is 44.8. The number of benzene rings is 1. The molecular weight excluding hydrogens is 1720 g/mol. The molecular formula is C87H151N5O38. The minimum atomic E-state index is -1.85. The van der Waals surface area contributed by atoms with Crippen LogP contribution in [0.25, 0.3) is 0 Å². The maximum absolute atomic E-state index is 13.7. The summed E-state index contributed by atoms with van der Waals surface area (Å²) in [7, 11) is 1.64. The molecule has 2 aliphatic rings. The summed E-state index contributed by atoms with van der Waals surface area (Å²) in [6.45, 7) is 29.2. The van der Waals surface area contributed by atoms with Gasteiger partial charge < -0.3 is 164 Å². The molecule has 0 aromatic heterocycles. The average Bonchev–Trinajstić information content (AvgIpc) is 0.969. The third kappa shape index (κ3) is 60.9. The Morgan fingerprint density at radius 3 is 1.08 bits per heavy atom. The molecule has 3 rings (SSSR count). The lowest BCUT2D eigenvalue weighted by molar-refractivity contribution is -0.228. The maximum Gasteiger partial charge on any atom is 0.335 e. The molecule has 1 fully saturated rings. The highest BCUT2D eigenvalue weighted by molar-refractivity contribution is 6.14. The predicted octanol–water partition coefficient (Wildman–Crippen LogP) is -0.211. The fourth-order valence-corrected chi connectivity index (χ4v) is 11.4. The van der Waals surface area contributed by atoms with E-state index in [1.807, 2.05) is 0 Å². The van der Waals surface area contributed by atoms with Gasteiger partial charge in [0.1, 0.15) is 43.5 Å². The number of nitrogens with one attached hydrogen (secondary N) is 3. The first kappa shape index (κ1) is 118. The van der Waals surface area contributed by atoms with E-state index in [9.17, 15) is 58.8 Å². The van der Waals surface area contributed by atoms with Gasteiger partial charge in [0, 0.05) is 44.5 Å². The zero-order valence-corrected chi connectivity index (χ0v) is 77.5. The Morgan fingerprint density at radius 1 is 0.431 bits per heavy atom. The summed E-state index contributed by atoms with van der Waals surface area (Å²) in [6, 6.07) is 2.57. The Kier molecular flexibility index (Phi) is 71.7. The number of aliphatic hydroxyl groups is 3. The minimum absolute atomic E-state index is 0.00721. The number of aliphatic carboxylic acids is 1. The van der Waals surface area contributed by atoms with Gasteiger partial charge in [-0.3, -0.25) is 38.5 Å². The van der Waals surface area contributed by atoms with Crippen LogP contribution in [-0.4, -0.2) is 457 Å². The van der Waals surface area contributed by atoms with Crippen molar-refractivity contribution in [3.8, 4) is 0 Å². The van der Waals surface area contributed by atoms with Gasteiger partial charge in [-0.05, 0) is 76.1 Å². The van der Waals surface area contributed by atoms with Gasteiger partial charge in [0.2, 0.25) is 23.6 Å². The standard InChI is InChI=1S/C87H151N5O38/c1-68(2)78(84(101)88-69(3)83(100)89-72-12-11-71(67-129-86(104)87(4,5)6)70(65-72)9-8-10-73-79(97)80(98)81(99)82(130-73)85(102)103)90-74(93)15-16-91(77(96)66-92-75(94)13-14-76(92)95)17-18-106-21-22-108-25-26-110-29-30-112-33-34-114-37-38-116-41-42-118-45-46-120-49-50-122-53-54-124-57-58-126-61-62-128-64-63-127-60-59-125-56-55-123-52-51-121-48-47-119-44-43-117-40-39-115-36-35-113-32-31-111-28-27-109-24-23-107-20-19-105-7/h11-14,65,68-69,73,78-82,97-99H,8-10,15-64,66-67H2,1-7H3,(H,88,101)(H,89,100)(H,90,93)(H,102,103)/t69-,73-,78-,79-,80+,81-,82-/m0/s1. The molecule has 43 nitrogen and oxygen atoms in total. The molecule has 0 radical (unpaired) electrons. The van der Waals surface area contributed by atoms with Crippen molar-refractivity contribution < 1.29 is 182 Å². The predicted molar refractivity (Wildman–Crippen MR) is 464 cm³/mol. The molecule has 0 saturated carbocycles. The summed E-state index contributed by atoms with van der Waals surface area (Å²) < 4.78 is 143. The number of methoxy groups -OCH3 is 1. The number of aliphatic hydroxyl groups excluding tert-OH is 3. The molecule has 1 saturated heterocycles. The van der Waals surface area contributed by atoms with Crippen LogP contribution in [-0.2, 0) is 175 Å². The van der Waals surface area contributed by atoms with E-state index >= 15 is 0 Å². The van der Waals surface area contributed by atoms with Gasteiger partial charge in [0.25, 0.3) is 11.8 Å². The second-order valence-corrected chi connectivity index (χ2v) is 30.4. The van der Waals surface area contributed by atoms with Gasteiger partial charge in [-0.25, -0.2) is 4.79 Å². The van der Waals surface area contributed by atoms with Crippen molar-refractivity contribution >= 4 is 53.1 Å². The average molecular weight is 1880 g/mol. The maximum atomic E-state index is 13.7. The van der Waals surface area contributed by atoms with Crippen LogP contribution in [0.2, 0.25) is 0 Å². The number of ether oxygens (including phenoxy) is 26. The van der Waals surface area contributed by atoms with E-state index in [2.05, 4.69) is 16.0 Å². The number of aryl methyl sites for hydroxylation is 1. The van der Waals surface area contributed by atoms with E-state index < -0.39 is 108 Å². The van der Waals surface area contributed by atoms with Gasteiger partial charge in [0.15, 0.2) is 6.10 Å². The topological polar surface area (TPSA) is 500 Å². The van der Waals surface area contributed by atoms with Crippen molar-refractivity contribution in [2.45, 2.75) is 116 Å². The number of hydrogen-bond acceptors (Lipinski definition) is 37. The number of nitrogens with zero attached hydrogens (tertiary/aromatic N) is 2. The van der Waals surface area contributed by atoms with Crippen molar-refractivity contribution in [3.63, 3.8) is 0 Å².